The van der Waals surface area contributed by atoms with Crippen LogP contribution in [0.25, 0.3) is 0 Å². The number of rotatable bonds is 4. The van der Waals surface area contributed by atoms with E-state index < -0.39 is 16.1 Å². The fourth-order valence-electron chi connectivity index (χ4n) is 1.88. The van der Waals surface area contributed by atoms with Crippen molar-refractivity contribution in [3.05, 3.63) is 58.1 Å². The summed E-state index contributed by atoms with van der Waals surface area (Å²) < 4.78 is 27.3. The predicted octanol–water partition coefficient (Wildman–Crippen LogP) is 3.62. The van der Waals surface area contributed by atoms with E-state index in [2.05, 4.69) is 4.72 Å². The molecule has 1 atom stereocenters. The van der Waals surface area contributed by atoms with Crippen LogP contribution in [0.2, 0.25) is 10.0 Å². The number of hydrogen-bond donors (Lipinski definition) is 2. The van der Waals surface area contributed by atoms with Gasteiger partial charge in [0.2, 0.25) is 10.0 Å². The summed E-state index contributed by atoms with van der Waals surface area (Å²) in [6.07, 6.45) is 0. The lowest BCUT2D eigenvalue weighted by atomic mass is 10.1. The molecule has 0 spiro atoms. The molecule has 1 unspecified atom stereocenters. The molecular weight excluding hydrogens is 331 g/mol. The smallest absolute Gasteiger partial charge is 0.242 e. The monoisotopic (exact) mass is 344 g/mol. The second-order valence-corrected chi connectivity index (χ2v) is 7.11. The molecule has 3 N–H and O–H groups in total. The van der Waals surface area contributed by atoms with E-state index in [4.69, 9.17) is 28.9 Å². The van der Waals surface area contributed by atoms with Gasteiger partial charge in [-0.05, 0) is 42.8 Å². The molecule has 0 aliphatic heterocycles. The number of benzene rings is 2. The molecule has 0 fully saturated rings. The molecule has 0 saturated heterocycles. The third kappa shape index (κ3) is 3.89. The summed E-state index contributed by atoms with van der Waals surface area (Å²) in [5, 5.41) is 0.629. The third-order valence-corrected chi connectivity index (χ3v) is 5.18. The summed E-state index contributed by atoms with van der Waals surface area (Å²) >= 11 is 11.9. The lowest BCUT2D eigenvalue weighted by molar-refractivity contribution is 0.567. The van der Waals surface area contributed by atoms with Crippen LogP contribution in [0.4, 0.5) is 5.69 Å². The highest BCUT2D eigenvalue weighted by Crippen LogP contribution is 2.26. The van der Waals surface area contributed by atoms with Gasteiger partial charge in [-0.25, -0.2) is 13.1 Å². The van der Waals surface area contributed by atoms with Crippen LogP contribution < -0.4 is 10.5 Å². The van der Waals surface area contributed by atoms with Crippen LogP contribution in [0.15, 0.2) is 47.4 Å². The van der Waals surface area contributed by atoms with Crippen molar-refractivity contribution in [2.24, 2.45) is 0 Å². The molecule has 2 rings (SSSR count). The fraction of sp³-hybridized carbons (Fsp3) is 0.143. The van der Waals surface area contributed by atoms with Crippen molar-refractivity contribution in [1.29, 1.82) is 0 Å². The van der Waals surface area contributed by atoms with Gasteiger partial charge >= 0.3 is 0 Å². The SMILES string of the molecule is CC(NS(=O)(=O)c1ccc(N)cc1Cl)c1cccc(Cl)c1. The minimum atomic E-state index is -3.75. The number of sulfonamides is 1. The molecule has 0 saturated carbocycles. The quantitative estimate of drug-likeness (QED) is 0.832. The van der Waals surface area contributed by atoms with E-state index in [1.54, 1.807) is 31.2 Å². The van der Waals surface area contributed by atoms with E-state index in [0.717, 1.165) is 5.56 Å². The maximum Gasteiger partial charge on any atom is 0.242 e. The van der Waals surface area contributed by atoms with Gasteiger partial charge in [-0.1, -0.05) is 35.3 Å². The first-order valence-electron chi connectivity index (χ1n) is 6.12. The molecular formula is C14H14Cl2N2O2S. The molecule has 7 heteroatoms. The van der Waals surface area contributed by atoms with E-state index in [9.17, 15) is 8.42 Å². The molecule has 0 aromatic heterocycles. The molecule has 0 radical (unpaired) electrons. The Hall–Kier alpha value is -1.27. The summed E-state index contributed by atoms with van der Waals surface area (Å²) in [6.45, 7) is 1.73. The minimum Gasteiger partial charge on any atom is -0.399 e. The summed E-state index contributed by atoms with van der Waals surface area (Å²) in [4.78, 5) is -0.00718. The van der Waals surface area contributed by atoms with Crippen molar-refractivity contribution >= 4 is 38.9 Å². The molecule has 0 aliphatic carbocycles. The first kappa shape index (κ1) is 16.1. The van der Waals surface area contributed by atoms with Crippen molar-refractivity contribution in [3.8, 4) is 0 Å². The molecule has 0 heterocycles. The zero-order chi connectivity index (χ0) is 15.6. The summed E-state index contributed by atoms with van der Waals surface area (Å²) in [7, 11) is -3.75. The van der Waals surface area contributed by atoms with E-state index in [-0.39, 0.29) is 9.92 Å². The van der Waals surface area contributed by atoms with E-state index in [0.29, 0.717) is 10.7 Å². The number of nitrogen functional groups attached to an aromatic ring is 1. The van der Waals surface area contributed by atoms with Crippen LogP contribution in [0.1, 0.15) is 18.5 Å². The van der Waals surface area contributed by atoms with Gasteiger partial charge in [-0.2, -0.15) is 0 Å². The van der Waals surface area contributed by atoms with Crippen molar-refractivity contribution in [2.45, 2.75) is 17.9 Å². The zero-order valence-electron chi connectivity index (χ0n) is 11.2. The molecule has 21 heavy (non-hydrogen) atoms. The standard InChI is InChI=1S/C14H14Cl2N2O2S/c1-9(10-3-2-4-11(15)7-10)18-21(19,20)14-6-5-12(17)8-13(14)16/h2-9,18H,17H2,1H3. The van der Waals surface area contributed by atoms with Crippen molar-refractivity contribution in [1.82, 2.24) is 4.72 Å². The van der Waals surface area contributed by atoms with Crippen LogP contribution in [0.5, 0.6) is 0 Å². The lowest BCUT2D eigenvalue weighted by Gasteiger charge is -2.15. The molecule has 4 nitrogen and oxygen atoms in total. The topological polar surface area (TPSA) is 72.2 Å². The van der Waals surface area contributed by atoms with Crippen molar-refractivity contribution in [2.75, 3.05) is 5.73 Å². The first-order chi connectivity index (χ1) is 9.79. The molecule has 2 aromatic carbocycles. The van der Waals surface area contributed by atoms with Gasteiger partial charge in [-0.15, -0.1) is 0 Å². The molecule has 112 valence electrons. The number of halogens is 2. The Labute approximate surface area is 133 Å². The van der Waals surface area contributed by atoms with Gasteiger partial charge in [0.25, 0.3) is 0 Å². The van der Waals surface area contributed by atoms with Gasteiger partial charge in [-0.3, -0.25) is 0 Å². The van der Waals surface area contributed by atoms with Crippen LogP contribution in [0.3, 0.4) is 0 Å². The number of hydrogen-bond acceptors (Lipinski definition) is 3. The largest absolute Gasteiger partial charge is 0.399 e. The number of anilines is 1. The predicted molar refractivity (Wildman–Crippen MR) is 86.1 cm³/mol. The van der Waals surface area contributed by atoms with Crippen LogP contribution in [-0.4, -0.2) is 8.42 Å². The minimum absolute atomic E-state index is 0.00718. The average Bonchev–Trinajstić information content (AvgIpc) is 2.37. The Kier molecular flexibility index (Phi) is 4.78. The normalized spacial score (nSPS) is 13.1. The highest BCUT2D eigenvalue weighted by molar-refractivity contribution is 7.89. The second-order valence-electron chi connectivity index (χ2n) is 4.59. The van der Waals surface area contributed by atoms with Gasteiger partial charge in [0, 0.05) is 16.8 Å². The maximum atomic E-state index is 12.4. The maximum absolute atomic E-state index is 12.4. The first-order valence-corrected chi connectivity index (χ1v) is 8.36. The molecule has 0 aliphatic rings. The van der Waals surface area contributed by atoms with Crippen LogP contribution in [0, 0.1) is 0 Å². The fourth-order valence-corrected chi connectivity index (χ4v) is 3.86. The summed E-state index contributed by atoms with van der Waals surface area (Å²) in [5.41, 5.74) is 6.73. The highest BCUT2D eigenvalue weighted by atomic mass is 35.5. The molecule has 0 bridgehead atoms. The van der Waals surface area contributed by atoms with E-state index >= 15 is 0 Å². The van der Waals surface area contributed by atoms with E-state index in [1.165, 1.54) is 18.2 Å². The lowest BCUT2D eigenvalue weighted by Crippen LogP contribution is -2.27. The van der Waals surface area contributed by atoms with Crippen molar-refractivity contribution < 1.29 is 8.42 Å². The van der Waals surface area contributed by atoms with Crippen LogP contribution >= 0.6 is 23.2 Å². The number of nitrogens with two attached hydrogens (primary N) is 1. The summed E-state index contributed by atoms with van der Waals surface area (Å²) in [6, 6.07) is 10.8. The van der Waals surface area contributed by atoms with E-state index in [1.807, 2.05) is 0 Å². The Morgan fingerprint density at radius 3 is 2.48 bits per heavy atom. The highest BCUT2D eigenvalue weighted by Gasteiger charge is 2.21. The average molecular weight is 345 g/mol. The molecule has 0 amide bonds. The summed E-state index contributed by atoms with van der Waals surface area (Å²) in [5.74, 6) is 0. The van der Waals surface area contributed by atoms with Gasteiger partial charge in [0.05, 0.1) is 5.02 Å². The third-order valence-electron chi connectivity index (χ3n) is 2.93. The van der Waals surface area contributed by atoms with Gasteiger partial charge in [0.15, 0.2) is 0 Å². The Balaban J connectivity index is 2.29. The number of nitrogens with one attached hydrogen (secondary N) is 1. The van der Waals surface area contributed by atoms with Gasteiger partial charge in [0.1, 0.15) is 4.90 Å². The van der Waals surface area contributed by atoms with Crippen LogP contribution in [-0.2, 0) is 10.0 Å². The zero-order valence-corrected chi connectivity index (χ0v) is 13.5. The molecule has 2 aromatic rings. The second kappa shape index (κ2) is 6.23. The van der Waals surface area contributed by atoms with Gasteiger partial charge < -0.3 is 5.73 Å². The van der Waals surface area contributed by atoms with Crippen molar-refractivity contribution in [3.63, 3.8) is 0 Å². The Morgan fingerprint density at radius 1 is 1.14 bits per heavy atom. The Bertz CT molecular complexity index is 763. The Morgan fingerprint density at radius 2 is 1.86 bits per heavy atom.